The maximum Gasteiger partial charge on any atom is 0.223 e. The Morgan fingerprint density at radius 3 is 2.44 bits per heavy atom. The predicted octanol–water partition coefficient (Wildman–Crippen LogP) is 2.48. The molecular weight excluding hydrogens is 226 g/mol. The lowest BCUT2D eigenvalue weighted by Gasteiger charge is -2.29. The highest BCUT2D eigenvalue weighted by Crippen LogP contribution is 2.42. The van der Waals surface area contributed by atoms with Gasteiger partial charge in [0.25, 0.3) is 0 Å². The molecule has 18 heavy (non-hydrogen) atoms. The Morgan fingerprint density at radius 1 is 1.22 bits per heavy atom. The first-order valence-corrected chi connectivity index (χ1v) is 7.45. The zero-order chi connectivity index (χ0) is 13.2. The molecule has 3 heteroatoms. The van der Waals surface area contributed by atoms with E-state index in [4.69, 9.17) is 0 Å². The molecule has 0 heterocycles. The van der Waals surface area contributed by atoms with Gasteiger partial charge in [0, 0.05) is 12.5 Å². The number of aliphatic hydroxyl groups excluding tert-OH is 1. The topological polar surface area (TPSA) is 49.3 Å². The minimum Gasteiger partial charge on any atom is -0.393 e. The molecule has 0 aromatic carbocycles. The van der Waals surface area contributed by atoms with Crippen LogP contribution in [0.3, 0.4) is 0 Å². The third-order valence-corrected chi connectivity index (χ3v) is 4.95. The first-order chi connectivity index (χ1) is 8.49. The van der Waals surface area contributed by atoms with Gasteiger partial charge in [0.05, 0.1) is 6.10 Å². The summed E-state index contributed by atoms with van der Waals surface area (Å²) in [6, 6.07) is 0. The first-order valence-electron chi connectivity index (χ1n) is 7.45. The largest absolute Gasteiger partial charge is 0.393 e. The minimum atomic E-state index is -0.106. The molecule has 3 nitrogen and oxygen atoms in total. The Hall–Kier alpha value is -0.570. The lowest BCUT2D eigenvalue weighted by Crippen LogP contribution is -2.39. The van der Waals surface area contributed by atoms with Gasteiger partial charge in [-0.15, -0.1) is 0 Å². The van der Waals surface area contributed by atoms with E-state index in [1.54, 1.807) is 0 Å². The van der Waals surface area contributed by atoms with Crippen LogP contribution in [0.2, 0.25) is 0 Å². The van der Waals surface area contributed by atoms with E-state index in [2.05, 4.69) is 19.2 Å². The molecule has 0 aromatic heterocycles. The number of aliphatic hydroxyl groups is 1. The van der Waals surface area contributed by atoms with Crippen LogP contribution in [0.25, 0.3) is 0 Å². The van der Waals surface area contributed by atoms with Crippen LogP contribution in [0.5, 0.6) is 0 Å². The molecule has 0 spiro atoms. The van der Waals surface area contributed by atoms with Crippen molar-refractivity contribution in [2.24, 2.45) is 17.3 Å². The monoisotopic (exact) mass is 253 g/mol. The molecule has 2 fully saturated rings. The van der Waals surface area contributed by atoms with E-state index in [1.807, 2.05) is 0 Å². The predicted molar refractivity (Wildman–Crippen MR) is 72.1 cm³/mol. The molecule has 1 atom stereocenters. The molecule has 0 radical (unpaired) electrons. The van der Waals surface area contributed by atoms with Crippen LogP contribution in [-0.4, -0.2) is 23.7 Å². The molecule has 2 rings (SSSR count). The first kappa shape index (κ1) is 13.9. The zero-order valence-electron chi connectivity index (χ0n) is 11.7. The lowest BCUT2D eigenvalue weighted by atomic mass is 9.81. The number of rotatable bonds is 3. The highest BCUT2D eigenvalue weighted by molar-refractivity contribution is 5.79. The van der Waals surface area contributed by atoms with Crippen LogP contribution < -0.4 is 5.32 Å². The summed E-state index contributed by atoms with van der Waals surface area (Å²) < 4.78 is 0. The second-order valence-electron chi connectivity index (χ2n) is 6.85. The van der Waals surface area contributed by atoms with Crippen LogP contribution >= 0.6 is 0 Å². The molecule has 0 saturated heterocycles. The van der Waals surface area contributed by atoms with E-state index in [0.717, 1.165) is 38.6 Å². The molecule has 1 amide bonds. The fourth-order valence-corrected chi connectivity index (χ4v) is 3.53. The Bertz CT molecular complexity index is 293. The summed E-state index contributed by atoms with van der Waals surface area (Å²) in [5.41, 5.74) is 0.173. The van der Waals surface area contributed by atoms with Gasteiger partial charge >= 0.3 is 0 Å². The number of amides is 1. The molecule has 2 saturated carbocycles. The van der Waals surface area contributed by atoms with Gasteiger partial charge in [0.2, 0.25) is 5.91 Å². The van der Waals surface area contributed by atoms with Crippen molar-refractivity contribution in [1.29, 1.82) is 0 Å². The Balaban J connectivity index is 1.75. The van der Waals surface area contributed by atoms with Crippen molar-refractivity contribution in [3.05, 3.63) is 0 Å². The van der Waals surface area contributed by atoms with E-state index >= 15 is 0 Å². The molecular formula is C15H27NO2. The van der Waals surface area contributed by atoms with Crippen molar-refractivity contribution in [2.45, 2.75) is 64.9 Å². The van der Waals surface area contributed by atoms with Gasteiger partial charge < -0.3 is 10.4 Å². The molecule has 0 bridgehead atoms. The fraction of sp³-hybridized carbons (Fsp3) is 0.933. The Labute approximate surface area is 110 Å². The van der Waals surface area contributed by atoms with Crippen LogP contribution in [0, 0.1) is 17.3 Å². The molecule has 0 aliphatic heterocycles. The number of hydrogen-bond acceptors (Lipinski definition) is 2. The maximum atomic E-state index is 12.2. The SMILES string of the molecule is CC1(C)CCCC1C(=O)NCC1CCC(O)CC1. The summed E-state index contributed by atoms with van der Waals surface area (Å²) in [6.07, 6.45) is 7.19. The van der Waals surface area contributed by atoms with E-state index < -0.39 is 0 Å². The van der Waals surface area contributed by atoms with Crippen LogP contribution in [0.1, 0.15) is 58.8 Å². The van der Waals surface area contributed by atoms with Gasteiger partial charge in [0.15, 0.2) is 0 Å². The van der Waals surface area contributed by atoms with Gasteiger partial charge in [0.1, 0.15) is 0 Å². The average molecular weight is 253 g/mol. The third-order valence-electron chi connectivity index (χ3n) is 4.95. The molecule has 2 N–H and O–H groups in total. The smallest absolute Gasteiger partial charge is 0.223 e. The maximum absolute atomic E-state index is 12.2. The Morgan fingerprint density at radius 2 is 1.89 bits per heavy atom. The van der Waals surface area contributed by atoms with Gasteiger partial charge in [-0.3, -0.25) is 4.79 Å². The Kier molecular flexibility index (Phi) is 4.31. The minimum absolute atomic E-state index is 0.106. The highest BCUT2D eigenvalue weighted by atomic mass is 16.3. The summed E-state index contributed by atoms with van der Waals surface area (Å²) in [4.78, 5) is 12.2. The fourth-order valence-electron chi connectivity index (χ4n) is 3.53. The van der Waals surface area contributed by atoms with Gasteiger partial charge in [-0.1, -0.05) is 20.3 Å². The number of hydrogen-bond donors (Lipinski definition) is 2. The summed E-state index contributed by atoms with van der Waals surface area (Å²) >= 11 is 0. The molecule has 2 aliphatic rings. The summed E-state index contributed by atoms with van der Waals surface area (Å²) in [5, 5.41) is 12.6. The normalized spacial score (nSPS) is 35.4. The number of carbonyl (C=O) groups is 1. The van der Waals surface area contributed by atoms with E-state index in [1.165, 1.54) is 12.8 Å². The second kappa shape index (κ2) is 5.60. The van der Waals surface area contributed by atoms with Crippen molar-refractivity contribution in [3.63, 3.8) is 0 Å². The van der Waals surface area contributed by atoms with Gasteiger partial charge in [-0.05, 0) is 49.9 Å². The van der Waals surface area contributed by atoms with Gasteiger partial charge in [-0.2, -0.15) is 0 Å². The van der Waals surface area contributed by atoms with E-state index in [-0.39, 0.29) is 23.3 Å². The second-order valence-corrected chi connectivity index (χ2v) is 6.85. The third kappa shape index (κ3) is 3.25. The highest BCUT2D eigenvalue weighted by Gasteiger charge is 2.39. The quantitative estimate of drug-likeness (QED) is 0.812. The number of nitrogens with one attached hydrogen (secondary N) is 1. The molecule has 1 unspecified atom stereocenters. The molecule has 2 aliphatic carbocycles. The van der Waals surface area contributed by atoms with Crippen molar-refractivity contribution in [1.82, 2.24) is 5.32 Å². The summed E-state index contributed by atoms with van der Waals surface area (Å²) in [5.74, 6) is 1.03. The summed E-state index contributed by atoms with van der Waals surface area (Å²) in [6.45, 7) is 5.22. The van der Waals surface area contributed by atoms with Gasteiger partial charge in [-0.25, -0.2) is 0 Å². The lowest BCUT2D eigenvalue weighted by molar-refractivity contribution is -0.127. The van der Waals surface area contributed by atoms with E-state index in [0.29, 0.717) is 5.92 Å². The van der Waals surface area contributed by atoms with Crippen LogP contribution in [-0.2, 0) is 4.79 Å². The number of carbonyl (C=O) groups excluding carboxylic acids is 1. The van der Waals surface area contributed by atoms with Crippen LogP contribution in [0.15, 0.2) is 0 Å². The zero-order valence-corrected chi connectivity index (χ0v) is 11.7. The van der Waals surface area contributed by atoms with Crippen LogP contribution in [0.4, 0.5) is 0 Å². The van der Waals surface area contributed by atoms with Crippen molar-refractivity contribution in [2.75, 3.05) is 6.54 Å². The van der Waals surface area contributed by atoms with Crippen molar-refractivity contribution in [3.8, 4) is 0 Å². The van der Waals surface area contributed by atoms with Crippen molar-refractivity contribution >= 4 is 5.91 Å². The van der Waals surface area contributed by atoms with E-state index in [9.17, 15) is 9.90 Å². The molecule has 104 valence electrons. The molecule has 0 aromatic rings. The van der Waals surface area contributed by atoms with Crippen molar-refractivity contribution < 1.29 is 9.90 Å². The average Bonchev–Trinajstić information content (AvgIpc) is 2.68. The standard InChI is InChI=1S/C15H27NO2/c1-15(2)9-3-4-13(15)14(18)16-10-11-5-7-12(17)8-6-11/h11-13,17H,3-10H2,1-2H3,(H,16,18). The summed E-state index contributed by atoms with van der Waals surface area (Å²) in [7, 11) is 0.